The molecule has 7 nitrogen and oxygen atoms in total. The maximum Gasteiger partial charge on any atom is 0.163 e. The number of fused-ring (bicyclic) bond motifs is 2. The van der Waals surface area contributed by atoms with Gasteiger partial charge in [-0.2, -0.15) is 0 Å². The molecule has 8 heteroatoms. The highest BCUT2D eigenvalue weighted by molar-refractivity contribution is 6.01. The van der Waals surface area contributed by atoms with Crippen LogP contribution in [-0.4, -0.2) is 47.2 Å². The van der Waals surface area contributed by atoms with Crippen molar-refractivity contribution in [3.05, 3.63) is 83.4 Å². The van der Waals surface area contributed by atoms with Gasteiger partial charge >= 0.3 is 0 Å². The van der Waals surface area contributed by atoms with E-state index >= 15 is 0 Å². The number of nitrogens with one attached hydrogen (secondary N) is 1. The van der Waals surface area contributed by atoms with Crippen LogP contribution in [0.1, 0.15) is 68.1 Å². The molecule has 0 amide bonds. The van der Waals surface area contributed by atoms with Gasteiger partial charge in [-0.15, -0.1) is 0 Å². The Balaban J connectivity index is 1.31. The van der Waals surface area contributed by atoms with E-state index in [1.54, 1.807) is 44.5 Å². The molecule has 2 N–H and O–H groups in total. The highest BCUT2D eigenvalue weighted by Gasteiger charge is 2.41. The highest BCUT2D eigenvalue weighted by atomic mass is 19.1. The van der Waals surface area contributed by atoms with Crippen LogP contribution in [-0.2, 0) is 11.0 Å². The van der Waals surface area contributed by atoms with E-state index in [9.17, 15) is 14.3 Å². The number of nitrogens with zero attached hydrogens (tertiary/aromatic N) is 2. The number of halogens is 1. The molecule has 1 unspecified atom stereocenters. The van der Waals surface area contributed by atoms with Crippen molar-refractivity contribution in [2.24, 2.45) is 5.92 Å². The van der Waals surface area contributed by atoms with Crippen molar-refractivity contribution < 1.29 is 23.8 Å². The predicted molar refractivity (Wildman–Crippen MR) is 164 cm³/mol. The number of carbonyl (C=O) groups excluding carboxylic acids is 1. The molecule has 2 aliphatic rings. The lowest BCUT2D eigenvalue weighted by Gasteiger charge is -2.28. The van der Waals surface area contributed by atoms with Gasteiger partial charge in [0.25, 0.3) is 0 Å². The summed E-state index contributed by atoms with van der Waals surface area (Å²) in [6, 6.07) is 15.7. The molecular weight excluding hydrogens is 545 g/mol. The predicted octanol–water partition coefficient (Wildman–Crippen LogP) is 6.35. The van der Waals surface area contributed by atoms with E-state index in [1.807, 2.05) is 18.2 Å². The molecule has 0 radical (unpaired) electrons. The van der Waals surface area contributed by atoms with E-state index in [4.69, 9.17) is 14.5 Å². The Hall–Kier alpha value is -3.88. The summed E-state index contributed by atoms with van der Waals surface area (Å²) in [5.74, 6) is 1.44. The Labute approximate surface area is 251 Å². The maximum atomic E-state index is 13.8. The quantitative estimate of drug-likeness (QED) is 0.199. The van der Waals surface area contributed by atoms with E-state index in [2.05, 4.69) is 24.1 Å². The van der Waals surface area contributed by atoms with Crippen molar-refractivity contribution >= 4 is 16.7 Å². The van der Waals surface area contributed by atoms with Crippen molar-refractivity contribution in [3.63, 3.8) is 0 Å². The number of benzene rings is 2. The molecule has 6 rings (SSSR count). The van der Waals surface area contributed by atoms with Gasteiger partial charge in [0.15, 0.2) is 5.78 Å². The van der Waals surface area contributed by atoms with Crippen LogP contribution < -0.4 is 14.8 Å². The Bertz CT molecular complexity index is 1670. The number of hydrogen-bond acceptors (Lipinski definition) is 7. The standard InChI is InChI=1S/C35H38FN3O4/c1-21(22-7-8-22)38-19-34(2)20-43-33-27(34)18-30(39-32(33)23-9-11-26(36)12-10-23)35(3,41)14-13-28(40)25-16-24-6-5-15-37-31(24)29(17-25)42-4/h5-6,9-12,15-18,21-22,38,41H,7-8,13-14,19-20H2,1-4H3/t21-,34-,35?/m0/s1. The number of pyridine rings is 2. The summed E-state index contributed by atoms with van der Waals surface area (Å²) >= 11 is 0. The SMILES string of the molecule is COc1cc(C(=O)CCC(C)(O)c2cc3c(c(-c4ccc(F)cc4)n2)OC[C@]3(C)CN[C@@H](C)C2CC2)cc2cccnc12. The summed E-state index contributed by atoms with van der Waals surface area (Å²) in [4.78, 5) is 22.6. The van der Waals surface area contributed by atoms with E-state index in [1.165, 1.54) is 25.0 Å². The molecule has 4 aromatic rings. The van der Waals surface area contributed by atoms with Gasteiger partial charge in [-0.25, -0.2) is 9.37 Å². The molecule has 2 aromatic carbocycles. The van der Waals surface area contributed by atoms with Gasteiger partial charge in [-0.1, -0.05) is 13.0 Å². The molecule has 2 aromatic heterocycles. The van der Waals surface area contributed by atoms with Gasteiger partial charge < -0.3 is 19.9 Å². The zero-order valence-corrected chi connectivity index (χ0v) is 25.1. The fraction of sp³-hybridized carbons (Fsp3) is 0.400. The van der Waals surface area contributed by atoms with Crippen LogP contribution in [0.4, 0.5) is 4.39 Å². The first-order valence-corrected chi connectivity index (χ1v) is 14.9. The number of aliphatic hydroxyl groups is 1. The van der Waals surface area contributed by atoms with E-state index in [0.717, 1.165) is 10.9 Å². The third kappa shape index (κ3) is 5.86. The number of ketones is 1. The number of aromatic nitrogens is 2. The van der Waals surface area contributed by atoms with Crippen molar-refractivity contribution in [3.8, 4) is 22.8 Å². The Morgan fingerprint density at radius 1 is 1.23 bits per heavy atom. The normalized spacial score (nSPS) is 19.9. The Morgan fingerprint density at radius 3 is 2.72 bits per heavy atom. The van der Waals surface area contributed by atoms with Crippen LogP contribution in [0.5, 0.6) is 11.5 Å². The van der Waals surface area contributed by atoms with E-state index < -0.39 is 5.60 Å². The molecule has 1 saturated carbocycles. The fourth-order valence-corrected chi connectivity index (χ4v) is 5.92. The Kier molecular flexibility index (Phi) is 7.69. The number of methoxy groups -OCH3 is 1. The molecule has 3 atom stereocenters. The van der Waals surface area contributed by atoms with Gasteiger partial charge in [-0.3, -0.25) is 9.78 Å². The second-order valence-electron chi connectivity index (χ2n) is 12.5. The van der Waals surface area contributed by atoms with Gasteiger partial charge in [0.2, 0.25) is 0 Å². The fourth-order valence-electron chi connectivity index (χ4n) is 5.92. The molecule has 1 aliphatic carbocycles. The lowest BCUT2D eigenvalue weighted by atomic mass is 9.81. The molecule has 1 aliphatic heterocycles. The van der Waals surface area contributed by atoms with Crippen molar-refractivity contribution in [2.75, 3.05) is 20.3 Å². The number of hydrogen-bond donors (Lipinski definition) is 2. The zero-order valence-electron chi connectivity index (χ0n) is 25.1. The number of carbonyl (C=O) groups is 1. The molecule has 0 bridgehead atoms. The first kappa shape index (κ1) is 29.2. The number of Topliss-reactive ketones (excluding diaryl/α,β-unsaturated/α-hetero) is 1. The summed E-state index contributed by atoms with van der Waals surface area (Å²) in [6.45, 7) is 7.25. The minimum atomic E-state index is -1.42. The molecular formula is C35H38FN3O4. The van der Waals surface area contributed by atoms with Crippen LogP contribution in [0.25, 0.3) is 22.2 Å². The summed E-state index contributed by atoms with van der Waals surface area (Å²) < 4.78 is 25.6. The number of ether oxygens (including phenoxy) is 2. The first-order chi connectivity index (χ1) is 20.6. The molecule has 43 heavy (non-hydrogen) atoms. The van der Waals surface area contributed by atoms with Crippen molar-refractivity contribution in [1.29, 1.82) is 0 Å². The Morgan fingerprint density at radius 2 is 2.00 bits per heavy atom. The molecule has 224 valence electrons. The third-order valence-corrected chi connectivity index (χ3v) is 9.02. The molecule has 0 spiro atoms. The summed E-state index contributed by atoms with van der Waals surface area (Å²) in [6.07, 6.45) is 4.45. The van der Waals surface area contributed by atoms with Gasteiger partial charge in [0, 0.05) is 52.7 Å². The minimum absolute atomic E-state index is 0.0980. The topological polar surface area (TPSA) is 93.6 Å². The lowest BCUT2D eigenvalue weighted by Crippen LogP contribution is -2.41. The summed E-state index contributed by atoms with van der Waals surface area (Å²) in [5.41, 5.74) is 2.08. The van der Waals surface area contributed by atoms with Crippen LogP contribution >= 0.6 is 0 Å². The first-order valence-electron chi connectivity index (χ1n) is 14.9. The lowest BCUT2D eigenvalue weighted by molar-refractivity contribution is 0.0396. The molecule has 0 saturated heterocycles. The highest BCUT2D eigenvalue weighted by Crippen LogP contribution is 2.46. The summed E-state index contributed by atoms with van der Waals surface area (Å²) in [5, 5.41) is 16.3. The monoisotopic (exact) mass is 583 g/mol. The van der Waals surface area contributed by atoms with E-state index in [-0.39, 0.29) is 29.9 Å². The van der Waals surface area contributed by atoms with Crippen molar-refractivity contribution in [2.45, 2.75) is 63.5 Å². The zero-order chi connectivity index (χ0) is 30.4. The van der Waals surface area contributed by atoms with Gasteiger partial charge in [0.1, 0.15) is 34.1 Å². The average molecular weight is 584 g/mol. The third-order valence-electron chi connectivity index (χ3n) is 9.02. The van der Waals surface area contributed by atoms with Crippen LogP contribution in [0.3, 0.4) is 0 Å². The smallest absolute Gasteiger partial charge is 0.163 e. The average Bonchev–Trinajstić information content (AvgIpc) is 3.82. The summed E-state index contributed by atoms with van der Waals surface area (Å²) in [7, 11) is 1.56. The van der Waals surface area contributed by atoms with E-state index in [0.29, 0.717) is 64.6 Å². The van der Waals surface area contributed by atoms with Gasteiger partial charge in [-0.05, 0) is 87.6 Å². The van der Waals surface area contributed by atoms with Crippen molar-refractivity contribution in [1.82, 2.24) is 15.3 Å². The van der Waals surface area contributed by atoms with Gasteiger partial charge in [0.05, 0.1) is 19.4 Å². The second kappa shape index (κ2) is 11.3. The van der Waals surface area contributed by atoms with Crippen LogP contribution in [0.15, 0.2) is 60.8 Å². The molecule has 3 heterocycles. The molecule has 1 fully saturated rings. The maximum absolute atomic E-state index is 13.8. The second-order valence-corrected chi connectivity index (χ2v) is 12.5. The van der Waals surface area contributed by atoms with Crippen LogP contribution in [0.2, 0.25) is 0 Å². The number of rotatable bonds is 11. The largest absolute Gasteiger partial charge is 0.494 e. The van der Waals surface area contributed by atoms with Crippen LogP contribution in [0, 0.1) is 11.7 Å². The minimum Gasteiger partial charge on any atom is -0.494 e.